The van der Waals surface area contributed by atoms with Crippen LogP contribution in [-0.4, -0.2) is 30.8 Å². The van der Waals surface area contributed by atoms with Gasteiger partial charge in [-0.2, -0.15) is 4.31 Å². The van der Waals surface area contributed by atoms with E-state index in [0.717, 1.165) is 6.07 Å². The van der Waals surface area contributed by atoms with Crippen LogP contribution in [0.25, 0.3) is 0 Å². The van der Waals surface area contributed by atoms with E-state index in [1.165, 1.54) is 22.5 Å². The van der Waals surface area contributed by atoms with Crippen molar-refractivity contribution in [3.63, 3.8) is 0 Å². The fourth-order valence-corrected chi connectivity index (χ4v) is 3.03. The zero-order chi connectivity index (χ0) is 13.8. The molecule has 0 spiro atoms. The fraction of sp³-hybridized carbons (Fsp3) is 0.364. The van der Waals surface area contributed by atoms with E-state index in [9.17, 15) is 12.8 Å². The lowest BCUT2D eigenvalue weighted by Gasteiger charge is -2.20. The van der Waals surface area contributed by atoms with Crippen LogP contribution >= 0.6 is 12.2 Å². The third-order valence-corrected chi connectivity index (χ3v) is 4.57. The van der Waals surface area contributed by atoms with E-state index in [2.05, 4.69) is 0 Å². The molecule has 0 saturated heterocycles. The summed E-state index contributed by atoms with van der Waals surface area (Å²) in [5.74, 6) is -0.582. The minimum absolute atomic E-state index is 0.0627. The number of thiocarbonyl (C=S) groups is 1. The van der Waals surface area contributed by atoms with Crippen LogP contribution in [0.2, 0.25) is 0 Å². The van der Waals surface area contributed by atoms with Crippen LogP contribution in [0.1, 0.15) is 13.3 Å². The average molecular weight is 290 g/mol. The summed E-state index contributed by atoms with van der Waals surface area (Å²) in [5.41, 5.74) is 5.35. The molecule has 0 bridgehead atoms. The van der Waals surface area contributed by atoms with Crippen molar-refractivity contribution in [1.29, 1.82) is 0 Å². The molecule has 0 saturated carbocycles. The second-order valence-corrected chi connectivity index (χ2v) is 6.13. The number of nitrogens with two attached hydrogens (primary N) is 1. The normalized spacial score (nSPS) is 11.7. The molecular weight excluding hydrogens is 275 g/mol. The number of benzene rings is 1. The highest BCUT2D eigenvalue weighted by Crippen LogP contribution is 2.16. The lowest BCUT2D eigenvalue weighted by molar-refractivity contribution is 0.436. The Morgan fingerprint density at radius 1 is 1.50 bits per heavy atom. The summed E-state index contributed by atoms with van der Waals surface area (Å²) in [6.07, 6.45) is 0.303. The van der Waals surface area contributed by atoms with Gasteiger partial charge in [-0.1, -0.05) is 25.2 Å². The summed E-state index contributed by atoms with van der Waals surface area (Å²) in [6, 6.07) is 4.93. The number of halogens is 1. The molecule has 0 unspecified atom stereocenters. The highest BCUT2D eigenvalue weighted by Gasteiger charge is 2.23. The molecule has 100 valence electrons. The Morgan fingerprint density at radius 3 is 2.67 bits per heavy atom. The molecule has 0 aliphatic rings. The van der Waals surface area contributed by atoms with Gasteiger partial charge in [0.15, 0.2) is 0 Å². The molecular formula is C11H15FN2O2S2. The number of rotatable bonds is 6. The average Bonchev–Trinajstić information content (AvgIpc) is 2.29. The Bertz CT molecular complexity index is 532. The molecule has 0 aliphatic carbocycles. The third kappa shape index (κ3) is 3.72. The summed E-state index contributed by atoms with van der Waals surface area (Å²) in [5, 5.41) is 0. The van der Waals surface area contributed by atoms with Crippen LogP contribution in [0.3, 0.4) is 0 Å². The molecule has 0 atom stereocenters. The van der Waals surface area contributed by atoms with Crippen LogP contribution in [0.5, 0.6) is 0 Å². The molecule has 18 heavy (non-hydrogen) atoms. The van der Waals surface area contributed by atoms with Gasteiger partial charge in [0, 0.05) is 19.5 Å². The Balaban J connectivity index is 2.99. The predicted molar refractivity (Wildman–Crippen MR) is 72.2 cm³/mol. The molecule has 0 heterocycles. The smallest absolute Gasteiger partial charge is 0.243 e. The van der Waals surface area contributed by atoms with Crippen LogP contribution in [-0.2, 0) is 10.0 Å². The van der Waals surface area contributed by atoms with Crippen molar-refractivity contribution in [2.75, 3.05) is 13.1 Å². The number of sulfonamides is 1. The fourth-order valence-electron chi connectivity index (χ4n) is 1.46. The van der Waals surface area contributed by atoms with Crippen LogP contribution in [0.4, 0.5) is 4.39 Å². The maximum absolute atomic E-state index is 13.1. The van der Waals surface area contributed by atoms with Gasteiger partial charge in [0.2, 0.25) is 10.0 Å². The molecule has 1 aromatic carbocycles. The van der Waals surface area contributed by atoms with E-state index in [1.54, 1.807) is 6.92 Å². The highest BCUT2D eigenvalue weighted by atomic mass is 32.2. The highest BCUT2D eigenvalue weighted by molar-refractivity contribution is 7.89. The van der Waals surface area contributed by atoms with Gasteiger partial charge in [0.1, 0.15) is 5.82 Å². The SMILES string of the molecule is CCN(CCC(N)=S)S(=O)(=O)c1cccc(F)c1. The zero-order valence-corrected chi connectivity index (χ0v) is 11.6. The van der Waals surface area contributed by atoms with Crippen molar-refractivity contribution in [2.45, 2.75) is 18.2 Å². The van der Waals surface area contributed by atoms with E-state index < -0.39 is 15.8 Å². The van der Waals surface area contributed by atoms with Crippen molar-refractivity contribution in [1.82, 2.24) is 4.31 Å². The summed E-state index contributed by atoms with van der Waals surface area (Å²) in [6.45, 7) is 2.18. The first kappa shape index (κ1) is 15.0. The molecule has 2 N–H and O–H groups in total. The van der Waals surface area contributed by atoms with Gasteiger partial charge >= 0.3 is 0 Å². The molecule has 0 fully saturated rings. The van der Waals surface area contributed by atoms with Gasteiger partial charge in [0.25, 0.3) is 0 Å². The topological polar surface area (TPSA) is 63.4 Å². The second-order valence-electron chi connectivity index (χ2n) is 3.67. The first-order valence-corrected chi connectivity index (χ1v) is 7.26. The molecule has 0 aromatic heterocycles. The van der Waals surface area contributed by atoms with Gasteiger partial charge in [0.05, 0.1) is 9.88 Å². The van der Waals surface area contributed by atoms with Gasteiger partial charge in [-0.3, -0.25) is 0 Å². The molecule has 0 amide bonds. The summed E-state index contributed by atoms with van der Waals surface area (Å²) >= 11 is 4.72. The maximum atomic E-state index is 13.1. The van der Waals surface area contributed by atoms with Crippen LogP contribution in [0, 0.1) is 5.82 Å². The van der Waals surface area contributed by atoms with E-state index in [1.807, 2.05) is 0 Å². The Hall–Kier alpha value is -1.05. The molecule has 4 nitrogen and oxygen atoms in total. The first-order chi connectivity index (χ1) is 8.37. The maximum Gasteiger partial charge on any atom is 0.243 e. The van der Waals surface area contributed by atoms with E-state index in [4.69, 9.17) is 18.0 Å². The predicted octanol–water partition coefficient (Wildman–Crippen LogP) is 1.51. The Morgan fingerprint density at radius 2 is 2.17 bits per heavy atom. The minimum atomic E-state index is -3.69. The van der Waals surface area contributed by atoms with E-state index in [0.29, 0.717) is 6.42 Å². The third-order valence-electron chi connectivity index (χ3n) is 2.39. The van der Waals surface area contributed by atoms with E-state index in [-0.39, 0.29) is 23.0 Å². The summed E-state index contributed by atoms with van der Waals surface area (Å²) < 4.78 is 38.7. The molecule has 0 aliphatic heterocycles. The standard InChI is InChI=1S/C11H15FN2O2S2/c1-2-14(7-6-11(13)17)18(15,16)10-5-3-4-9(12)8-10/h3-5,8H,2,6-7H2,1H3,(H2,13,17). The Kier molecular flexibility index (Phi) is 5.18. The monoisotopic (exact) mass is 290 g/mol. The lowest BCUT2D eigenvalue weighted by Crippen LogP contribution is -2.33. The molecule has 7 heteroatoms. The zero-order valence-electron chi connectivity index (χ0n) is 9.97. The quantitative estimate of drug-likeness (QED) is 0.807. The molecule has 0 radical (unpaired) electrons. The second kappa shape index (κ2) is 6.21. The summed E-state index contributed by atoms with van der Waals surface area (Å²) in [7, 11) is -3.69. The Labute approximate surface area is 112 Å². The lowest BCUT2D eigenvalue weighted by atomic mass is 10.4. The molecule has 1 rings (SSSR count). The van der Waals surface area contributed by atoms with Gasteiger partial charge in [-0.05, 0) is 18.2 Å². The molecule has 1 aromatic rings. The number of nitrogens with zero attached hydrogens (tertiary/aromatic N) is 1. The van der Waals surface area contributed by atoms with Gasteiger partial charge in [-0.25, -0.2) is 12.8 Å². The van der Waals surface area contributed by atoms with Crippen molar-refractivity contribution >= 4 is 27.2 Å². The van der Waals surface area contributed by atoms with Gasteiger partial charge < -0.3 is 5.73 Å². The van der Waals surface area contributed by atoms with Crippen molar-refractivity contribution < 1.29 is 12.8 Å². The van der Waals surface area contributed by atoms with E-state index >= 15 is 0 Å². The minimum Gasteiger partial charge on any atom is -0.393 e. The first-order valence-electron chi connectivity index (χ1n) is 5.42. The van der Waals surface area contributed by atoms with Crippen molar-refractivity contribution in [3.8, 4) is 0 Å². The van der Waals surface area contributed by atoms with Crippen molar-refractivity contribution in [2.24, 2.45) is 5.73 Å². The van der Waals surface area contributed by atoms with Gasteiger partial charge in [-0.15, -0.1) is 0 Å². The van der Waals surface area contributed by atoms with Crippen LogP contribution in [0.15, 0.2) is 29.2 Å². The largest absolute Gasteiger partial charge is 0.393 e. The summed E-state index contributed by atoms with van der Waals surface area (Å²) in [4.78, 5) is 0.190. The number of hydrogen-bond donors (Lipinski definition) is 1. The van der Waals surface area contributed by atoms with Crippen molar-refractivity contribution in [3.05, 3.63) is 30.1 Å². The van der Waals surface area contributed by atoms with Crippen LogP contribution < -0.4 is 5.73 Å². The number of hydrogen-bond acceptors (Lipinski definition) is 3.